The largest absolute Gasteiger partial charge is 0.455 e. The summed E-state index contributed by atoms with van der Waals surface area (Å²) in [5, 5.41) is 0. The molecule has 0 bridgehead atoms. The number of halogens is 3. The van der Waals surface area contributed by atoms with Gasteiger partial charge in [0.1, 0.15) is 0 Å². The number of likely N-dealkylation sites (N-methyl/N-ethyl adjacent to an activating group) is 1. The van der Waals surface area contributed by atoms with E-state index in [1.54, 1.807) is 0 Å². The van der Waals surface area contributed by atoms with Crippen molar-refractivity contribution in [2.45, 2.75) is 18.0 Å². The maximum absolute atomic E-state index is 12.5. The van der Waals surface area contributed by atoms with Gasteiger partial charge in [0, 0.05) is 7.05 Å². The summed E-state index contributed by atoms with van der Waals surface area (Å²) in [7, 11) is 1.20. The van der Waals surface area contributed by atoms with Crippen molar-refractivity contribution in [1.82, 2.24) is 4.90 Å². The first-order valence-corrected chi connectivity index (χ1v) is 5.57. The summed E-state index contributed by atoms with van der Waals surface area (Å²) in [5.74, 6) is -3.42. The number of carbonyl (C=O) groups is 2. The van der Waals surface area contributed by atoms with E-state index in [1.165, 1.54) is 14.0 Å². The number of rotatable bonds is 3. The average molecular weight is 269 g/mol. The van der Waals surface area contributed by atoms with Gasteiger partial charge in [-0.1, -0.05) is 18.7 Å². The second-order valence-corrected chi connectivity index (χ2v) is 4.68. The molecule has 0 spiro atoms. The molecule has 1 saturated heterocycles. The molecule has 4 nitrogen and oxygen atoms in total. The molecule has 0 aromatic carbocycles. The highest BCUT2D eigenvalue weighted by atomic mass is 32.2. The number of amides is 1. The SMILES string of the molecule is C=C1OC(SCC)(C(=O)C(F)(F)F)C(=O)N1C. The smallest absolute Gasteiger partial charge is 0.444 e. The number of carbonyl (C=O) groups excluding carboxylic acids is 2. The monoisotopic (exact) mass is 269 g/mol. The topological polar surface area (TPSA) is 46.6 Å². The van der Waals surface area contributed by atoms with E-state index in [0.717, 1.165) is 4.90 Å². The highest BCUT2D eigenvalue weighted by molar-refractivity contribution is 8.02. The molecule has 0 aromatic rings. The third-order valence-corrected chi connectivity index (χ3v) is 3.26. The molecule has 0 saturated carbocycles. The summed E-state index contributed by atoms with van der Waals surface area (Å²) < 4.78 is 42.1. The molecule has 0 aliphatic carbocycles. The Morgan fingerprint density at radius 3 is 2.41 bits per heavy atom. The Hall–Kier alpha value is -1.18. The van der Waals surface area contributed by atoms with Crippen LogP contribution in [0.1, 0.15) is 6.92 Å². The second-order valence-electron chi connectivity index (χ2n) is 3.24. The summed E-state index contributed by atoms with van der Waals surface area (Å²) in [5.41, 5.74) is 0. The van der Waals surface area contributed by atoms with Gasteiger partial charge in [-0.15, -0.1) is 0 Å². The van der Waals surface area contributed by atoms with Crippen LogP contribution >= 0.6 is 11.8 Å². The molecular formula is C9H10F3NO3S. The fourth-order valence-corrected chi connectivity index (χ4v) is 2.37. The molecule has 1 rings (SSSR count). The van der Waals surface area contributed by atoms with Crippen molar-refractivity contribution < 1.29 is 27.5 Å². The van der Waals surface area contributed by atoms with Crippen LogP contribution in [0.4, 0.5) is 13.2 Å². The summed E-state index contributed by atoms with van der Waals surface area (Å²) in [4.78, 5) is 21.3. The molecule has 1 aliphatic heterocycles. The van der Waals surface area contributed by atoms with Crippen molar-refractivity contribution in [3.63, 3.8) is 0 Å². The molecular weight excluding hydrogens is 259 g/mol. The van der Waals surface area contributed by atoms with Crippen molar-refractivity contribution in [2.75, 3.05) is 12.8 Å². The third kappa shape index (κ3) is 2.13. The van der Waals surface area contributed by atoms with Gasteiger partial charge in [-0.05, 0) is 12.3 Å². The normalized spacial score (nSPS) is 25.1. The van der Waals surface area contributed by atoms with Crippen molar-refractivity contribution in [1.29, 1.82) is 0 Å². The Morgan fingerprint density at radius 1 is 1.59 bits per heavy atom. The molecule has 96 valence electrons. The van der Waals surface area contributed by atoms with Gasteiger partial charge in [-0.25, -0.2) is 0 Å². The lowest BCUT2D eigenvalue weighted by Gasteiger charge is -2.23. The van der Waals surface area contributed by atoms with Gasteiger partial charge in [-0.2, -0.15) is 13.2 Å². The first kappa shape index (κ1) is 13.9. The zero-order chi connectivity index (χ0) is 13.4. The lowest BCUT2D eigenvalue weighted by Crippen LogP contribution is -2.50. The van der Waals surface area contributed by atoms with Crippen LogP contribution in [-0.4, -0.2) is 40.5 Å². The quantitative estimate of drug-likeness (QED) is 0.729. The van der Waals surface area contributed by atoms with Gasteiger partial charge >= 0.3 is 11.1 Å². The number of ketones is 1. The fraction of sp³-hybridized carbons (Fsp3) is 0.556. The lowest BCUT2D eigenvalue weighted by atomic mass is 10.2. The van der Waals surface area contributed by atoms with Crippen LogP contribution in [0.2, 0.25) is 0 Å². The standard InChI is InChI=1S/C9H10F3NO3S/c1-4-17-8(6(14)9(10,11)12)7(15)13(3)5(2)16-8/h2,4H2,1,3H3. The Morgan fingerprint density at radius 2 is 2.12 bits per heavy atom. The Bertz CT molecular complexity index is 382. The van der Waals surface area contributed by atoms with Crippen molar-refractivity contribution in [3.8, 4) is 0 Å². The fourth-order valence-electron chi connectivity index (χ4n) is 1.30. The first-order chi connectivity index (χ1) is 7.66. The van der Waals surface area contributed by atoms with E-state index in [-0.39, 0.29) is 11.6 Å². The van der Waals surface area contributed by atoms with Crippen molar-refractivity contribution in [2.24, 2.45) is 0 Å². The van der Waals surface area contributed by atoms with E-state index in [1.807, 2.05) is 0 Å². The van der Waals surface area contributed by atoms with Crippen LogP contribution in [0.3, 0.4) is 0 Å². The highest BCUT2D eigenvalue weighted by Crippen LogP contribution is 2.42. The average Bonchev–Trinajstić information content (AvgIpc) is 2.42. The number of alkyl halides is 3. The number of nitrogens with zero attached hydrogens (tertiary/aromatic N) is 1. The number of thioether (sulfide) groups is 1. The zero-order valence-electron chi connectivity index (χ0n) is 9.13. The molecule has 0 N–H and O–H groups in total. The van der Waals surface area contributed by atoms with Gasteiger partial charge < -0.3 is 4.74 Å². The number of Topliss-reactive ketones (excluding diaryl/α,β-unsaturated/α-hetero) is 1. The van der Waals surface area contributed by atoms with E-state index in [4.69, 9.17) is 4.74 Å². The molecule has 1 unspecified atom stereocenters. The summed E-state index contributed by atoms with van der Waals surface area (Å²) in [6, 6.07) is 0. The summed E-state index contributed by atoms with van der Waals surface area (Å²) in [6.07, 6.45) is -5.14. The minimum absolute atomic E-state index is 0.120. The van der Waals surface area contributed by atoms with E-state index < -0.39 is 22.8 Å². The predicted molar refractivity (Wildman–Crippen MR) is 54.9 cm³/mol. The van der Waals surface area contributed by atoms with Crippen LogP contribution in [0.25, 0.3) is 0 Å². The maximum atomic E-state index is 12.5. The van der Waals surface area contributed by atoms with E-state index in [2.05, 4.69) is 6.58 Å². The van der Waals surface area contributed by atoms with Gasteiger partial charge in [0.15, 0.2) is 5.88 Å². The minimum atomic E-state index is -5.14. The number of hydrogen-bond acceptors (Lipinski definition) is 4. The molecule has 1 aliphatic rings. The molecule has 1 atom stereocenters. The van der Waals surface area contributed by atoms with E-state index in [0.29, 0.717) is 11.8 Å². The van der Waals surface area contributed by atoms with Crippen LogP contribution in [0.5, 0.6) is 0 Å². The Balaban J connectivity index is 3.21. The summed E-state index contributed by atoms with van der Waals surface area (Å²) in [6.45, 7) is 4.80. The van der Waals surface area contributed by atoms with Gasteiger partial charge in [0.25, 0.3) is 11.7 Å². The lowest BCUT2D eigenvalue weighted by molar-refractivity contribution is -0.182. The number of hydrogen-bond donors (Lipinski definition) is 0. The molecule has 1 heterocycles. The molecule has 1 fully saturated rings. The molecule has 8 heteroatoms. The van der Waals surface area contributed by atoms with Crippen molar-refractivity contribution in [3.05, 3.63) is 12.5 Å². The predicted octanol–water partition coefficient (Wildman–Crippen LogP) is 1.53. The second kappa shape index (κ2) is 4.25. The van der Waals surface area contributed by atoms with E-state index >= 15 is 0 Å². The number of ether oxygens (including phenoxy) is 1. The van der Waals surface area contributed by atoms with Crippen LogP contribution in [-0.2, 0) is 14.3 Å². The van der Waals surface area contributed by atoms with E-state index in [9.17, 15) is 22.8 Å². The maximum Gasteiger partial charge on any atom is 0.455 e. The first-order valence-electron chi connectivity index (χ1n) is 4.58. The molecule has 17 heavy (non-hydrogen) atoms. The van der Waals surface area contributed by atoms with Crippen LogP contribution < -0.4 is 0 Å². The van der Waals surface area contributed by atoms with Crippen LogP contribution in [0, 0.1) is 0 Å². The van der Waals surface area contributed by atoms with Gasteiger partial charge in [0.2, 0.25) is 0 Å². The summed E-state index contributed by atoms with van der Waals surface area (Å²) >= 11 is 0.493. The molecule has 0 aromatic heterocycles. The third-order valence-electron chi connectivity index (χ3n) is 2.13. The van der Waals surface area contributed by atoms with Crippen molar-refractivity contribution >= 4 is 23.5 Å². The Kier molecular flexibility index (Phi) is 3.47. The molecule has 1 amide bonds. The Labute approximate surface area is 99.8 Å². The molecule has 0 radical (unpaired) electrons. The minimum Gasteiger partial charge on any atom is -0.444 e. The highest BCUT2D eigenvalue weighted by Gasteiger charge is 2.64. The van der Waals surface area contributed by atoms with Gasteiger partial charge in [-0.3, -0.25) is 14.5 Å². The zero-order valence-corrected chi connectivity index (χ0v) is 9.94. The van der Waals surface area contributed by atoms with Crippen LogP contribution in [0.15, 0.2) is 12.5 Å². The van der Waals surface area contributed by atoms with Gasteiger partial charge in [0.05, 0.1) is 0 Å².